The number of carbonyl (C=O) groups excluding carboxylic acids is 1. The molecule has 0 N–H and O–H groups in total. The van der Waals surface area contributed by atoms with Crippen LogP contribution in [0, 0.1) is 0 Å². The fourth-order valence-electron chi connectivity index (χ4n) is 2.01. The number of methoxy groups -OCH3 is 1. The van der Waals surface area contributed by atoms with Gasteiger partial charge in [-0.2, -0.15) is 0 Å². The Morgan fingerprint density at radius 2 is 2.24 bits per heavy atom. The molecule has 1 fully saturated rings. The zero-order valence-electron chi connectivity index (χ0n) is 9.56. The molecule has 1 aliphatic rings. The number of esters is 1. The summed E-state index contributed by atoms with van der Waals surface area (Å²) in [5.74, 6) is -0.443. The van der Waals surface area contributed by atoms with Crippen LogP contribution in [-0.4, -0.2) is 30.3 Å². The van der Waals surface area contributed by atoms with Crippen molar-refractivity contribution in [3.8, 4) is 0 Å². The molecular weight excluding hydrogens is 242 g/mol. The van der Waals surface area contributed by atoms with E-state index in [4.69, 9.17) is 21.1 Å². The number of carbonyl (C=O) groups is 1. The first-order valence-corrected chi connectivity index (χ1v) is 5.94. The van der Waals surface area contributed by atoms with Crippen molar-refractivity contribution in [3.63, 3.8) is 0 Å². The van der Waals surface area contributed by atoms with Crippen LogP contribution in [-0.2, 0) is 9.47 Å². The molecule has 0 aliphatic heterocycles. The highest BCUT2D eigenvalue weighted by Crippen LogP contribution is 2.25. The molecule has 4 nitrogen and oxygen atoms in total. The summed E-state index contributed by atoms with van der Waals surface area (Å²) in [5.41, 5.74) is 0.235. The van der Waals surface area contributed by atoms with Gasteiger partial charge in [0.15, 0.2) is 0 Å². The summed E-state index contributed by atoms with van der Waals surface area (Å²) >= 11 is 5.79. The Hall–Kier alpha value is -1.13. The number of nitrogens with zero attached hydrogens (tertiary/aromatic N) is 1. The van der Waals surface area contributed by atoms with Gasteiger partial charge < -0.3 is 9.47 Å². The van der Waals surface area contributed by atoms with E-state index in [-0.39, 0.29) is 17.9 Å². The van der Waals surface area contributed by atoms with E-state index in [9.17, 15) is 4.79 Å². The summed E-state index contributed by atoms with van der Waals surface area (Å²) in [6, 6.07) is 3.12. The van der Waals surface area contributed by atoms with Crippen LogP contribution in [0.3, 0.4) is 0 Å². The van der Waals surface area contributed by atoms with E-state index in [1.54, 1.807) is 13.2 Å². The Morgan fingerprint density at radius 3 is 2.94 bits per heavy atom. The third kappa shape index (κ3) is 2.96. The molecule has 0 saturated heterocycles. The molecule has 0 radical (unpaired) electrons. The van der Waals surface area contributed by atoms with Gasteiger partial charge in [0.2, 0.25) is 0 Å². The third-order valence-corrected chi connectivity index (χ3v) is 3.12. The Morgan fingerprint density at radius 1 is 1.47 bits per heavy atom. The van der Waals surface area contributed by atoms with Crippen molar-refractivity contribution in [3.05, 3.63) is 29.0 Å². The standard InChI is InChI=1S/C12H14ClNO3/c1-16-10-3-2-4-11(10)17-12(15)9-7-8(13)5-6-14-9/h5-7,10-11H,2-4H2,1H3/t10-,11+/m0/s1. The average molecular weight is 256 g/mol. The molecule has 1 heterocycles. The minimum Gasteiger partial charge on any atom is -0.455 e. The lowest BCUT2D eigenvalue weighted by molar-refractivity contribution is -0.0210. The largest absolute Gasteiger partial charge is 0.455 e. The highest BCUT2D eigenvalue weighted by atomic mass is 35.5. The van der Waals surface area contributed by atoms with Crippen molar-refractivity contribution in [1.29, 1.82) is 0 Å². The molecule has 1 aromatic rings. The van der Waals surface area contributed by atoms with Crippen molar-refractivity contribution in [2.24, 2.45) is 0 Å². The van der Waals surface area contributed by atoms with E-state index in [0.29, 0.717) is 5.02 Å². The first-order valence-electron chi connectivity index (χ1n) is 5.56. The van der Waals surface area contributed by atoms with Gasteiger partial charge in [-0.05, 0) is 31.4 Å². The van der Waals surface area contributed by atoms with Crippen LogP contribution in [0.25, 0.3) is 0 Å². The molecule has 17 heavy (non-hydrogen) atoms. The van der Waals surface area contributed by atoms with Gasteiger partial charge in [-0.3, -0.25) is 0 Å². The molecule has 2 atom stereocenters. The Balaban J connectivity index is 2.01. The minimum absolute atomic E-state index is 0.00173. The second-order valence-corrected chi connectivity index (χ2v) is 4.44. The van der Waals surface area contributed by atoms with Gasteiger partial charge >= 0.3 is 5.97 Å². The van der Waals surface area contributed by atoms with Crippen molar-refractivity contribution >= 4 is 17.6 Å². The number of rotatable bonds is 3. The predicted octanol–water partition coefficient (Wildman–Crippen LogP) is 2.46. The van der Waals surface area contributed by atoms with E-state index >= 15 is 0 Å². The van der Waals surface area contributed by atoms with Crippen molar-refractivity contribution in [2.75, 3.05) is 7.11 Å². The predicted molar refractivity (Wildman–Crippen MR) is 63.1 cm³/mol. The van der Waals surface area contributed by atoms with Crippen LogP contribution in [0.2, 0.25) is 5.02 Å². The van der Waals surface area contributed by atoms with Crippen molar-refractivity contribution in [2.45, 2.75) is 31.5 Å². The third-order valence-electron chi connectivity index (χ3n) is 2.88. The topological polar surface area (TPSA) is 48.4 Å². The number of hydrogen-bond donors (Lipinski definition) is 0. The molecule has 2 rings (SSSR count). The molecule has 1 saturated carbocycles. The van der Waals surface area contributed by atoms with E-state index in [1.807, 2.05) is 0 Å². The lowest BCUT2D eigenvalue weighted by Crippen LogP contribution is -2.28. The van der Waals surface area contributed by atoms with Crippen LogP contribution < -0.4 is 0 Å². The van der Waals surface area contributed by atoms with E-state index in [1.165, 1.54) is 12.3 Å². The second-order valence-electron chi connectivity index (χ2n) is 4.01. The van der Waals surface area contributed by atoms with Crippen LogP contribution >= 0.6 is 11.6 Å². The van der Waals surface area contributed by atoms with Gasteiger partial charge in [-0.1, -0.05) is 11.6 Å². The SMILES string of the molecule is CO[C@H]1CCC[C@H]1OC(=O)c1cc(Cl)ccn1. The molecule has 0 bridgehead atoms. The first-order chi connectivity index (χ1) is 8.20. The lowest BCUT2D eigenvalue weighted by atomic mass is 10.2. The lowest BCUT2D eigenvalue weighted by Gasteiger charge is -2.18. The number of ether oxygens (including phenoxy) is 2. The van der Waals surface area contributed by atoms with Crippen molar-refractivity contribution in [1.82, 2.24) is 4.98 Å². The van der Waals surface area contributed by atoms with E-state index in [2.05, 4.69) is 4.98 Å². The van der Waals surface area contributed by atoms with Gasteiger partial charge in [0.1, 0.15) is 11.8 Å². The van der Waals surface area contributed by atoms with Gasteiger partial charge in [-0.15, -0.1) is 0 Å². The fraction of sp³-hybridized carbons (Fsp3) is 0.500. The smallest absolute Gasteiger partial charge is 0.357 e. The molecule has 0 aromatic carbocycles. The van der Waals surface area contributed by atoms with E-state index in [0.717, 1.165) is 19.3 Å². The molecule has 1 aliphatic carbocycles. The summed E-state index contributed by atoms with van der Waals surface area (Å²) in [4.78, 5) is 15.7. The first kappa shape index (κ1) is 12.3. The van der Waals surface area contributed by atoms with Crippen LogP contribution in [0.1, 0.15) is 29.8 Å². The van der Waals surface area contributed by atoms with Crippen LogP contribution in [0.4, 0.5) is 0 Å². The maximum Gasteiger partial charge on any atom is 0.357 e. The Labute approximate surface area is 105 Å². The average Bonchev–Trinajstić information content (AvgIpc) is 2.76. The molecule has 1 aromatic heterocycles. The summed E-state index contributed by atoms with van der Waals surface area (Å²) in [6.45, 7) is 0. The Kier molecular flexibility index (Phi) is 3.97. The minimum atomic E-state index is -0.443. The molecule has 0 unspecified atom stereocenters. The van der Waals surface area contributed by atoms with Crippen LogP contribution in [0.15, 0.2) is 18.3 Å². The quantitative estimate of drug-likeness (QED) is 0.779. The maximum absolute atomic E-state index is 11.8. The molecule has 0 spiro atoms. The normalized spacial score (nSPS) is 23.6. The fourth-order valence-corrected chi connectivity index (χ4v) is 2.17. The van der Waals surface area contributed by atoms with Gasteiger partial charge in [0, 0.05) is 18.3 Å². The summed E-state index contributed by atoms with van der Waals surface area (Å²) in [7, 11) is 1.63. The highest BCUT2D eigenvalue weighted by molar-refractivity contribution is 6.30. The zero-order valence-corrected chi connectivity index (χ0v) is 10.3. The number of halogens is 1. The molecular formula is C12H14ClNO3. The molecule has 5 heteroatoms. The monoisotopic (exact) mass is 255 g/mol. The Bertz CT molecular complexity index is 410. The zero-order chi connectivity index (χ0) is 12.3. The summed E-state index contributed by atoms with van der Waals surface area (Å²) in [5, 5.41) is 0.474. The van der Waals surface area contributed by atoms with Gasteiger partial charge in [0.25, 0.3) is 0 Å². The number of pyridine rings is 1. The van der Waals surface area contributed by atoms with Crippen LogP contribution in [0.5, 0.6) is 0 Å². The molecule has 92 valence electrons. The van der Waals surface area contributed by atoms with Gasteiger partial charge in [-0.25, -0.2) is 9.78 Å². The summed E-state index contributed by atoms with van der Waals surface area (Å²) < 4.78 is 10.6. The van der Waals surface area contributed by atoms with E-state index < -0.39 is 5.97 Å². The highest BCUT2D eigenvalue weighted by Gasteiger charge is 2.30. The maximum atomic E-state index is 11.8. The number of hydrogen-bond acceptors (Lipinski definition) is 4. The second kappa shape index (κ2) is 5.47. The number of aromatic nitrogens is 1. The van der Waals surface area contributed by atoms with Crippen molar-refractivity contribution < 1.29 is 14.3 Å². The summed E-state index contributed by atoms with van der Waals surface area (Å²) in [6.07, 6.45) is 4.09. The van der Waals surface area contributed by atoms with Gasteiger partial charge in [0.05, 0.1) is 6.10 Å². The molecule has 0 amide bonds.